The molecule has 1 heterocycles. The second kappa shape index (κ2) is 4.37. The minimum Gasteiger partial charge on any atom is -0.265 e. The maximum Gasteiger partial charge on any atom is 0.124 e. The normalized spacial score (nSPS) is 10.8. The molecular weight excluding hydrogens is 271 g/mol. The summed E-state index contributed by atoms with van der Waals surface area (Å²) in [4.78, 5) is 0. The van der Waals surface area contributed by atoms with Gasteiger partial charge in [0.25, 0.3) is 0 Å². The molecule has 1 aromatic heterocycles. The summed E-state index contributed by atoms with van der Waals surface area (Å²) < 4.78 is 15.8. The topological polar surface area (TPSA) is 17.8 Å². The predicted molar refractivity (Wildman–Crippen MR) is 64.9 cm³/mol. The van der Waals surface area contributed by atoms with Crippen LogP contribution in [-0.2, 0) is 6.54 Å². The first-order chi connectivity index (χ1) is 7.54. The second-order valence-corrected chi connectivity index (χ2v) is 4.78. The number of nitrogens with zero attached hydrogens (tertiary/aromatic N) is 2. The van der Waals surface area contributed by atoms with E-state index >= 15 is 0 Å². The average molecular weight is 283 g/mol. The highest BCUT2D eigenvalue weighted by Crippen LogP contribution is 2.16. The van der Waals surface area contributed by atoms with Gasteiger partial charge in [-0.25, -0.2) is 4.39 Å². The zero-order chi connectivity index (χ0) is 11.7. The van der Waals surface area contributed by atoms with Crippen LogP contribution in [0.1, 0.15) is 17.0 Å². The summed E-state index contributed by atoms with van der Waals surface area (Å²) in [6.07, 6.45) is 0. The molecule has 0 aliphatic rings. The van der Waals surface area contributed by atoms with E-state index in [2.05, 4.69) is 21.0 Å². The molecule has 0 amide bonds. The zero-order valence-electron chi connectivity index (χ0n) is 9.17. The molecule has 0 saturated carbocycles. The number of rotatable bonds is 2. The fraction of sp³-hybridized carbons (Fsp3) is 0.250. The Hall–Kier alpha value is -1.16. The van der Waals surface area contributed by atoms with Gasteiger partial charge in [-0.15, -0.1) is 0 Å². The maximum absolute atomic E-state index is 13.2. The Morgan fingerprint density at radius 3 is 2.56 bits per heavy atom. The van der Waals surface area contributed by atoms with Crippen molar-refractivity contribution in [2.24, 2.45) is 0 Å². The first-order valence-corrected chi connectivity index (χ1v) is 5.80. The minimum absolute atomic E-state index is 0.231. The summed E-state index contributed by atoms with van der Waals surface area (Å²) in [5, 5.41) is 4.34. The molecule has 4 heteroatoms. The summed E-state index contributed by atoms with van der Waals surface area (Å²) in [6.45, 7) is 4.54. The molecular formula is C12H12BrFN2. The van der Waals surface area contributed by atoms with E-state index in [9.17, 15) is 4.39 Å². The number of halogens is 2. The van der Waals surface area contributed by atoms with Crippen molar-refractivity contribution in [1.29, 1.82) is 0 Å². The molecule has 0 spiro atoms. The molecule has 2 nitrogen and oxygen atoms in total. The van der Waals surface area contributed by atoms with Gasteiger partial charge in [-0.05, 0) is 43.7 Å². The van der Waals surface area contributed by atoms with Crippen LogP contribution in [0.4, 0.5) is 4.39 Å². The molecule has 1 aromatic carbocycles. The van der Waals surface area contributed by atoms with Crippen LogP contribution in [0.25, 0.3) is 0 Å². The number of benzene rings is 1. The molecule has 84 valence electrons. The van der Waals surface area contributed by atoms with E-state index in [1.807, 2.05) is 30.7 Å². The van der Waals surface area contributed by atoms with Crippen LogP contribution in [0.2, 0.25) is 0 Å². The van der Waals surface area contributed by atoms with Crippen molar-refractivity contribution in [2.75, 3.05) is 0 Å². The van der Waals surface area contributed by atoms with E-state index in [-0.39, 0.29) is 5.82 Å². The predicted octanol–water partition coefficient (Wildman–Crippen LogP) is 3.45. The number of aryl methyl sites for hydroxylation is 2. The number of hydrogen-bond acceptors (Lipinski definition) is 1. The minimum atomic E-state index is -0.231. The molecule has 0 aliphatic carbocycles. The van der Waals surface area contributed by atoms with Gasteiger partial charge in [0.1, 0.15) is 5.82 Å². The SMILES string of the molecule is Cc1cc(C)n(Cc2cc(F)cc(Br)c2)n1. The highest BCUT2D eigenvalue weighted by molar-refractivity contribution is 9.10. The Morgan fingerprint density at radius 1 is 1.25 bits per heavy atom. The molecule has 2 rings (SSSR count). The van der Waals surface area contributed by atoms with E-state index in [1.54, 1.807) is 0 Å². The third-order valence-electron chi connectivity index (χ3n) is 2.36. The molecule has 0 atom stereocenters. The first kappa shape index (κ1) is 11.3. The monoisotopic (exact) mass is 282 g/mol. The van der Waals surface area contributed by atoms with Crippen molar-refractivity contribution in [2.45, 2.75) is 20.4 Å². The largest absolute Gasteiger partial charge is 0.265 e. The van der Waals surface area contributed by atoms with Gasteiger partial charge >= 0.3 is 0 Å². The van der Waals surface area contributed by atoms with E-state index in [4.69, 9.17) is 0 Å². The second-order valence-electron chi connectivity index (χ2n) is 3.86. The van der Waals surface area contributed by atoms with E-state index in [1.165, 1.54) is 12.1 Å². The van der Waals surface area contributed by atoms with Gasteiger partial charge < -0.3 is 0 Å². The molecule has 0 N–H and O–H groups in total. The van der Waals surface area contributed by atoms with Crippen molar-refractivity contribution in [3.8, 4) is 0 Å². The van der Waals surface area contributed by atoms with Gasteiger partial charge in [0, 0.05) is 10.2 Å². The van der Waals surface area contributed by atoms with Crippen LogP contribution >= 0.6 is 15.9 Å². The van der Waals surface area contributed by atoms with Gasteiger partial charge in [0.15, 0.2) is 0 Å². The quantitative estimate of drug-likeness (QED) is 0.825. The van der Waals surface area contributed by atoms with Crippen LogP contribution in [0.15, 0.2) is 28.7 Å². The lowest BCUT2D eigenvalue weighted by Crippen LogP contribution is -2.04. The molecule has 0 fully saturated rings. The highest BCUT2D eigenvalue weighted by atomic mass is 79.9. The lowest BCUT2D eigenvalue weighted by molar-refractivity contribution is 0.614. The van der Waals surface area contributed by atoms with Crippen molar-refractivity contribution in [1.82, 2.24) is 9.78 Å². The van der Waals surface area contributed by atoms with Gasteiger partial charge in [0.2, 0.25) is 0 Å². The fourth-order valence-corrected chi connectivity index (χ4v) is 2.22. The Labute approximate surface area is 102 Å². The van der Waals surface area contributed by atoms with Crippen LogP contribution < -0.4 is 0 Å². The summed E-state index contributed by atoms with van der Waals surface area (Å²) in [6, 6.07) is 6.89. The Morgan fingerprint density at radius 2 is 2.00 bits per heavy atom. The summed E-state index contributed by atoms with van der Waals surface area (Å²) >= 11 is 3.28. The van der Waals surface area contributed by atoms with E-state index in [0.29, 0.717) is 6.54 Å². The summed E-state index contributed by atoms with van der Waals surface area (Å²) in [5.74, 6) is -0.231. The highest BCUT2D eigenvalue weighted by Gasteiger charge is 2.04. The Kier molecular flexibility index (Phi) is 3.10. The molecule has 0 saturated heterocycles. The van der Waals surface area contributed by atoms with Gasteiger partial charge in [-0.3, -0.25) is 4.68 Å². The Balaban J connectivity index is 2.30. The first-order valence-electron chi connectivity index (χ1n) is 5.00. The van der Waals surface area contributed by atoms with Crippen LogP contribution in [0, 0.1) is 19.7 Å². The smallest absolute Gasteiger partial charge is 0.124 e. The third-order valence-corrected chi connectivity index (χ3v) is 2.82. The maximum atomic E-state index is 13.2. The van der Waals surface area contributed by atoms with Crippen LogP contribution in [0.3, 0.4) is 0 Å². The summed E-state index contributed by atoms with van der Waals surface area (Å²) in [5.41, 5.74) is 2.96. The molecule has 0 unspecified atom stereocenters. The number of hydrogen-bond donors (Lipinski definition) is 0. The molecule has 16 heavy (non-hydrogen) atoms. The van der Waals surface area contributed by atoms with Crippen molar-refractivity contribution >= 4 is 15.9 Å². The number of aromatic nitrogens is 2. The lowest BCUT2D eigenvalue weighted by atomic mass is 10.2. The van der Waals surface area contributed by atoms with E-state index < -0.39 is 0 Å². The van der Waals surface area contributed by atoms with Crippen molar-refractivity contribution < 1.29 is 4.39 Å². The molecule has 0 bridgehead atoms. The molecule has 2 aromatic rings. The standard InChI is InChI=1S/C12H12BrFN2/c1-8-3-9(2)16(15-8)7-10-4-11(13)6-12(14)5-10/h3-6H,7H2,1-2H3. The van der Waals surface area contributed by atoms with E-state index in [0.717, 1.165) is 21.4 Å². The molecule has 0 radical (unpaired) electrons. The Bertz CT molecular complexity index is 499. The average Bonchev–Trinajstić information content (AvgIpc) is 2.43. The lowest BCUT2D eigenvalue weighted by Gasteiger charge is -2.05. The van der Waals surface area contributed by atoms with Gasteiger partial charge in [0.05, 0.1) is 12.2 Å². The van der Waals surface area contributed by atoms with Crippen LogP contribution in [-0.4, -0.2) is 9.78 Å². The third kappa shape index (κ3) is 2.50. The fourth-order valence-electron chi connectivity index (χ4n) is 1.71. The van der Waals surface area contributed by atoms with Crippen molar-refractivity contribution in [3.05, 3.63) is 51.5 Å². The summed E-state index contributed by atoms with van der Waals surface area (Å²) in [7, 11) is 0. The van der Waals surface area contributed by atoms with Crippen LogP contribution in [0.5, 0.6) is 0 Å². The van der Waals surface area contributed by atoms with Crippen molar-refractivity contribution in [3.63, 3.8) is 0 Å². The molecule has 0 aliphatic heterocycles. The van der Waals surface area contributed by atoms with Gasteiger partial charge in [-0.2, -0.15) is 5.10 Å². The van der Waals surface area contributed by atoms with Gasteiger partial charge in [-0.1, -0.05) is 15.9 Å². The zero-order valence-corrected chi connectivity index (χ0v) is 10.8.